The average Bonchev–Trinajstić information content (AvgIpc) is 2.69. The lowest BCUT2D eigenvalue weighted by Crippen LogP contribution is -2.37. The van der Waals surface area contributed by atoms with Crippen LogP contribution in [-0.4, -0.2) is 29.1 Å². The Kier molecular flexibility index (Phi) is 5.59. The highest BCUT2D eigenvalue weighted by atomic mass is 35.5. The predicted octanol–water partition coefficient (Wildman–Crippen LogP) is 4.22. The molecule has 1 aliphatic rings. The molecule has 19 heavy (non-hydrogen) atoms. The Balaban J connectivity index is 1.92. The second-order valence-corrected chi connectivity index (χ2v) is 6.80. The topological polar surface area (TPSA) is 20.3 Å². The highest BCUT2D eigenvalue weighted by molar-refractivity contribution is 8.00. The van der Waals surface area contributed by atoms with E-state index in [-0.39, 0.29) is 11.2 Å². The molecule has 1 heterocycles. The van der Waals surface area contributed by atoms with Crippen molar-refractivity contribution < 1.29 is 4.79 Å². The van der Waals surface area contributed by atoms with Gasteiger partial charge in [-0.3, -0.25) is 4.79 Å². The molecule has 1 fully saturated rings. The van der Waals surface area contributed by atoms with Crippen molar-refractivity contribution in [3.63, 3.8) is 0 Å². The number of amides is 1. The number of rotatable bonds is 3. The third kappa shape index (κ3) is 4.43. The van der Waals surface area contributed by atoms with Crippen molar-refractivity contribution >= 4 is 29.3 Å². The van der Waals surface area contributed by atoms with Gasteiger partial charge in [-0.2, -0.15) is 0 Å². The summed E-state index contributed by atoms with van der Waals surface area (Å²) in [5, 5.41) is 0.704. The Labute approximate surface area is 124 Å². The van der Waals surface area contributed by atoms with Gasteiger partial charge < -0.3 is 4.90 Å². The number of likely N-dealkylation sites (tertiary alicyclic amines) is 1. The van der Waals surface area contributed by atoms with Crippen LogP contribution in [0.1, 0.15) is 32.6 Å². The monoisotopic (exact) mass is 297 g/mol. The van der Waals surface area contributed by atoms with Crippen LogP contribution in [0.3, 0.4) is 0 Å². The van der Waals surface area contributed by atoms with Crippen LogP contribution in [-0.2, 0) is 4.79 Å². The van der Waals surface area contributed by atoms with E-state index in [9.17, 15) is 4.79 Å². The van der Waals surface area contributed by atoms with Crippen molar-refractivity contribution in [3.05, 3.63) is 29.3 Å². The van der Waals surface area contributed by atoms with Gasteiger partial charge in [-0.05, 0) is 44.0 Å². The summed E-state index contributed by atoms with van der Waals surface area (Å²) in [6.45, 7) is 3.83. The quantitative estimate of drug-likeness (QED) is 0.779. The maximum Gasteiger partial charge on any atom is 0.235 e. The van der Waals surface area contributed by atoms with Crippen molar-refractivity contribution in [1.29, 1.82) is 0 Å². The largest absolute Gasteiger partial charge is 0.342 e. The van der Waals surface area contributed by atoms with Crippen LogP contribution >= 0.6 is 23.4 Å². The first kappa shape index (κ1) is 14.7. The van der Waals surface area contributed by atoms with Crippen molar-refractivity contribution in [3.8, 4) is 0 Å². The van der Waals surface area contributed by atoms with Gasteiger partial charge in [-0.25, -0.2) is 0 Å². The molecule has 1 aromatic carbocycles. The van der Waals surface area contributed by atoms with Crippen molar-refractivity contribution in [2.24, 2.45) is 0 Å². The molecular formula is C15H20ClNOS. The summed E-state index contributed by atoms with van der Waals surface area (Å²) in [5.74, 6) is 0.266. The van der Waals surface area contributed by atoms with Gasteiger partial charge in [0.05, 0.1) is 5.25 Å². The number of thioether (sulfide) groups is 1. The maximum absolute atomic E-state index is 12.4. The van der Waals surface area contributed by atoms with Gasteiger partial charge in [0.15, 0.2) is 0 Å². The standard InChI is InChI=1S/C15H20ClNOS/c1-12(19-14-8-6-13(16)7-9-14)15(18)17-10-4-2-3-5-11-17/h6-9,12H,2-5,10-11H2,1H3/t12-/m1/s1. The van der Waals surface area contributed by atoms with Gasteiger partial charge in [0.2, 0.25) is 5.91 Å². The van der Waals surface area contributed by atoms with Gasteiger partial charge in [0, 0.05) is 23.0 Å². The molecule has 1 aliphatic heterocycles. The van der Waals surface area contributed by atoms with Gasteiger partial charge >= 0.3 is 0 Å². The number of carbonyl (C=O) groups is 1. The molecule has 1 atom stereocenters. The first-order chi connectivity index (χ1) is 9.16. The van der Waals surface area contributed by atoms with E-state index >= 15 is 0 Å². The molecule has 0 unspecified atom stereocenters. The second-order valence-electron chi connectivity index (χ2n) is 4.95. The summed E-state index contributed by atoms with van der Waals surface area (Å²) >= 11 is 7.48. The van der Waals surface area contributed by atoms with E-state index in [1.165, 1.54) is 12.8 Å². The summed E-state index contributed by atoms with van der Waals surface area (Å²) < 4.78 is 0. The first-order valence-electron chi connectivity index (χ1n) is 6.88. The third-order valence-electron chi connectivity index (χ3n) is 3.39. The first-order valence-corrected chi connectivity index (χ1v) is 8.13. The molecule has 0 saturated carbocycles. The molecule has 4 heteroatoms. The number of benzene rings is 1. The molecule has 0 bridgehead atoms. The highest BCUT2D eigenvalue weighted by Crippen LogP contribution is 2.26. The fourth-order valence-electron chi connectivity index (χ4n) is 2.32. The molecule has 1 aromatic rings. The smallest absolute Gasteiger partial charge is 0.235 e. The Morgan fingerprint density at radius 2 is 1.74 bits per heavy atom. The Bertz CT molecular complexity index is 413. The number of hydrogen-bond acceptors (Lipinski definition) is 2. The summed E-state index contributed by atoms with van der Waals surface area (Å²) in [6, 6.07) is 7.68. The van der Waals surface area contributed by atoms with E-state index in [1.54, 1.807) is 11.8 Å². The fourth-order valence-corrected chi connectivity index (χ4v) is 3.39. The molecule has 104 valence electrons. The molecule has 0 aliphatic carbocycles. The Hall–Kier alpha value is -0.670. The molecule has 2 nitrogen and oxygen atoms in total. The van der Waals surface area contributed by atoms with E-state index in [2.05, 4.69) is 0 Å². The van der Waals surface area contributed by atoms with Crippen LogP contribution < -0.4 is 0 Å². The van der Waals surface area contributed by atoms with Gasteiger partial charge in [0.25, 0.3) is 0 Å². The lowest BCUT2D eigenvalue weighted by Gasteiger charge is -2.23. The SMILES string of the molecule is C[C@@H](Sc1ccc(Cl)cc1)C(=O)N1CCCCCC1. The lowest BCUT2D eigenvalue weighted by molar-refractivity contribution is -0.130. The zero-order chi connectivity index (χ0) is 13.7. The molecule has 0 aromatic heterocycles. The van der Waals surface area contributed by atoms with Gasteiger partial charge in [-0.1, -0.05) is 24.4 Å². The molecule has 0 N–H and O–H groups in total. The Morgan fingerprint density at radius 3 is 2.32 bits per heavy atom. The molecular weight excluding hydrogens is 278 g/mol. The van der Waals surface area contributed by atoms with Crippen LogP contribution in [0.4, 0.5) is 0 Å². The highest BCUT2D eigenvalue weighted by Gasteiger charge is 2.22. The summed E-state index contributed by atoms with van der Waals surface area (Å²) in [7, 11) is 0. The lowest BCUT2D eigenvalue weighted by atomic mass is 10.2. The molecule has 0 radical (unpaired) electrons. The van der Waals surface area contributed by atoms with Crippen LogP contribution in [0.2, 0.25) is 5.02 Å². The van der Waals surface area contributed by atoms with E-state index in [1.807, 2.05) is 36.1 Å². The fraction of sp³-hybridized carbons (Fsp3) is 0.533. The zero-order valence-electron chi connectivity index (χ0n) is 11.3. The molecule has 2 rings (SSSR count). The van der Waals surface area contributed by atoms with Crippen molar-refractivity contribution in [2.45, 2.75) is 42.8 Å². The van der Waals surface area contributed by atoms with E-state index in [4.69, 9.17) is 11.6 Å². The number of carbonyl (C=O) groups excluding carboxylic acids is 1. The third-order valence-corrected chi connectivity index (χ3v) is 4.74. The maximum atomic E-state index is 12.4. The van der Waals surface area contributed by atoms with Crippen LogP contribution in [0, 0.1) is 0 Å². The molecule has 0 spiro atoms. The Morgan fingerprint density at radius 1 is 1.16 bits per heavy atom. The van der Waals surface area contributed by atoms with E-state index < -0.39 is 0 Å². The average molecular weight is 298 g/mol. The minimum absolute atomic E-state index is 0.0284. The minimum Gasteiger partial charge on any atom is -0.342 e. The van der Waals surface area contributed by atoms with E-state index in [0.717, 1.165) is 35.8 Å². The van der Waals surface area contributed by atoms with Crippen LogP contribution in [0.15, 0.2) is 29.2 Å². The van der Waals surface area contributed by atoms with Gasteiger partial charge in [-0.15, -0.1) is 11.8 Å². The normalized spacial score (nSPS) is 17.9. The summed E-state index contributed by atoms with van der Waals surface area (Å²) in [4.78, 5) is 15.5. The van der Waals surface area contributed by atoms with Crippen molar-refractivity contribution in [2.75, 3.05) is 13.1 Å². The molecule has 1 saturated heterocycles. The number of hydrogen-bond donors (Lipinski definition) is 0. The molecule has 1 amide bonds. The van der Waals surface area contributed by atoms with E-state index in [0.29, 0.717) is 0 Å². The van der Waals surface area contributed by atoms with Gasteiger partial charge in [0.1, 0.15) is 0 Å². The number of halogens is 1. The summed E-state index contributed by atoms with van der Waals surface area (Å²) in [6.07, 6.45) is 4.79. The zero-order valence-corrected chi connectivity index (χ0v) is 12.8. The number of nitrogens with zero attached hydrogens (tertiary/aromatic N) is 1. The summed E-state index contributed by atoms with van der Waals surface area (Å²) in [5.41, 5.74) is 0. The van der Waals surface area contributed by atoms with Crippen molar-refractivity contribution in [1.82, 2.24) is 4.90 Å². The predicted molar refractivity (Wildman–Crippen MR) is 81.8 cm³/mol. The van der Waals surface area contributed by atoms with Crippen LogP contribution in [0.5, 0.6) is 0 Å². The van der Waals surface area contributed by atoms with Crippen LogP contribution in [0.25, 0.3) is 0 Å². The minimum atomic E-state index is -0.0284. The second kappa shape index (κ2) is 7.20.